The third-order valence-corrected chi connectivity index (χ3v) is 5.69. The van der Waals surface area contributed by atoms with Gasteiger partial charge in [0.05, 0.1) is 18.4 Å². The van der Waals surface area contributed by atoms with Crippen LogP contribution in [0.1, 0.15) is 20.9 Å². The Bertz CT molecular complexity index is 832. The van der Waals surface area contributed by atoms with Gasteiger partial charge in [0.25, 0.3) is 11.8 Å². The van der Waals surface area contributed by atoms with E-state index in [0.29, 0.717) is 55.6 Å². The summed E-state index contributed by atoms with van der Waals surface area (Å²) in [5.74, 6) is 0.120. The summed E-state index contributed by atoms with van der Waals surface area (Å²) in [6.45, 7) is 3.20. The van der Waals surface area contributed by atoms with Crippen molar-refractivity contribution < 1.29 is 19.1 Å². The SMILES string of the molecule is O=C(c1ccc(Cl)cc1)N1CC(O)C(N2CCN(C(=O)c3ccco3)CC2)C1. The van der Waals surface area contributed by atoms with Crippen molar-refractivity contribution in [1.82, 2.24) is 14.7 Å². The number of nitrogens with zero attached hydrogens (tertiary/aromatic N) is 3. The van der Waals surface area contributed by atoms with Crippen LogP contribution in [-0.2, 0) is 0 Å². The van der Waals surface area contributed by atoms with Crippen LogP contribution >= 0.6 is 11.6 Å². The molecular formula is C20H22ClN3O4. The van der Waals surface area contributed by atoms with E-state index in [9.17, 15) is 14.7 Å². The monoisotopic (exact) mass is 403 g/mol. The number of amides is 2. The van der Waals surface area contributed by atoms with Crippen LogP contribution in [-0.4, -0.2) is 83.0 Å². The van der Waals surface area contributed by atoms with Gasteiger partial charge in [0.1, 0.15) is 0 Å². The Morgan fingerprint density at radius 1 is 0.964 bits per heavy atom. The van der Waals surface area contributed by atoms with Gasteiger partial charge in [0, 0.05) is 49.9 Å². The molecule has 2 amide bonds. The molecule has 8 heteroatoms. The Kier molecular flexibility index (Phi) is 5.39. The van der Waals surface area contributed by atoms with E-state index in [0.717, 1.165) is 0 Å². The predicted molar refractivity (Wildman–Crippen MR) is 103 cm³/mol. The zero-order chi connectivity index (χ0) is 19.7. The maximum atomic E-state index is 12.7. The first kappa shape index (κ1) is 19.0. The lowest BCUT2D eigenvalue weighted by Crippen LogP contribution is -2.54. The first-order chi connectivity index (χ1) is 13.5. The van der Waals surface area contributed by atoms with E-state index < -0.39 is 6.10 Å². The summed E-state index contributed by atoms with van der Waals surface area (Å²) < 4.78 is 5.18. The molecule has 2 aliphatic heterocycles. The molecule has 2 aromatic rings. The number of carbonyl (C=O) groups is 2. The minimum Gasteiger partial charge on any atom is -0.459 e. The molecule has 1 N–H and O–H groups in total. The highest BCUT2D eigenvalue weighted by Crippen LogP contribution is 2.21. The molecular weight excluding hydrogens is 382 g/mol. The fourth-order valence-corrected chi connectivity index (χ4v) is 4.01. The Morgan fingerprint density at radius 3 is 2.32 bits per heavy atom. The first-order valence-corrected chi connectivity index (χ1v) is 9.70. The van der Waals surface area contributed by atoms with E-state index in [1.165, 1.54) is 6.26 Å². The molecule has 3 heterocycles. The van der Waals surface area contributed by atoms with Crippen molar-refractivity contribution >= 4 is 23.4 Å². The van der Waals surface area contributed by atoms with Gasteiger partial charge in [-0.3, -0.25) is 14.5 Å². The number of aliphatic hydroxyl groups is 1. The summed E-state index contributed by atoms with van der Waals surface area (Å²) in [5.41, 5.74) is 0.561. The van der Waals surface area contributed by atoms with Crippen LogP contribution in [0.25, 0.3) is 0 Å². The second kappa shape index (κ2) is 7.95. The summed E-state index contributed by atoms with van der Waals surface area (Å²) in [6.07, 6.45) is 0.883. The lowest BCUT2D eigenvalue weighted by Gasteiger charge is -2.38. The van der Waals surface area contributed by atoms with Gasteiger partial charge in [-0.2, -0.15) is 0 Å². The Balaban J connectivity index is 1.35. The normalized spacial score (nSPS) is 23.2. The molecule has 2 saturated heterocycles. The van der Waals surface area contributed by atoms with Gasteiger partial charge in [-0.1, -0.05) is 11.6 Å². The average molecular weight is 404 g/mol. The smallest absolute Gasteiger partial charge is 0.289 e. The van der Waals surface area contributed by atoms with Crippen LogP contribution in [0.3, 0.4) is 0 Å². The fourth-order valence-electron chi connectivity index (χ4n) is 3.88. The molecule has 28 heavy (non-hydrogen) atoms. The van der Waals surface area contributed by atoms with Gasteiger partial charge in [0.15, 0.2) is 5.76 Å². The molecule has 2 atom stereocenters. The van der Waals surface area contributed by atoms with Crippen LogP contribution in [0.2, 0.25) is 5.02 Å². The standard InChI is InChI=1S/C20H22ClN3O4/c21-15-5-3-14(4-6-15)19(26)24-12-16(17(25)13-24)22-7-9-23(10-8-22)20(27)18-2-1-11-28-18/h1-6,11,16-17,25H,7-10,12-13H2. The maximum Gasteiger partial charge on any atom is 0.289 e. The van der Waals surface area contributed by atoms with Crippen molar-refractivity contribution in [3.8, 4) is 0 Å². The van der Waals surface area contributed by atoms with Crippen LogP contribution in [0, 0.1) is 0 Å². The number of piperazine rings is 1. The molecule has 4 rings (SSSR count). The predicted octanol–water partition coefficient (Wildman–Crippen LogP) is 1.58. The second-order valence-electron chi connectivity index (χ2n) is 7.16. The third-order valence-electron chi connectivity index (χ3n) is 5.44. The van der Waals surface area contributed by atoms with Crippen LogP contribution in [0.5, 0.6) is 0 Å². The summed E-state index contributed by atoms with van der Waals surface area (Å²) >= 11 is 5.89. The third kappa shape index (κ3) is 3.78. The van der Waals surface area contributed by atoms with E-state index >= 15 is 0 Å². The van der Waals surface area contributed by atoms with Crippen molar-refractivity contribution in [3.63, 3.8) is 0 Å². The molecule has 7 nitrogen and oxygen atoms in total. The Labute approximate surface area is 168 Å². The number of furan rings is 1. The number of benzene rings is 1. The molecule has 1 aromatic carbocycles. The van der Waals surface area contributed by atoms with E-state index in [1.54, 1.807) is 46.2 Å². The minimum atomic E-state index is -0.608. The number of hydrogen-bond acceptors (Lipinski definition) is 5. The molecule has 1 aromatic heterocycles. The highest BCUT2D eigenvalue weighted by molar-refractivity contribution is 6.30. The summed E-state index contributed by atoms with van der Waals surface area (Å²) in [4.78, 5) is 30.7. The Morgan fingerprint density at radius 2 is 1.68 bits per heavy atom. The van der Waals surface area contributed by atoms with Crippen molar-refractivity contribution in [2.75, 3.05) is 39.3 Å². The fraction of sp³-hybridized carbons (Fsp3) is 0.400. The number of carbonyl (C=O) groups excluding carboxylic acids is 2. The quantitative estimate of drug-likeness (QED) is 0.841. The van der Waals surface area contributed by atoms with Crippen molar-refractivity contribution in [3.05, 3.63) is 59.0 Å². The highest BCUT2D eigenvalue weighted by Gasteiger charge is 2.39. The van der Waals surface area contributed by atoms with Gasteiger partial charge in [-0.05, 0) is 36.4 Å². The van der Waals surface area contributed by atoms with Gasteiger partial charge < -0.3 is 19.3 Å². The van der Waals surface area contributed by atoms with Gasteiger partial charge in [-0.15, -0.1) is 0 Å². The molecule has 2 fully saturated rings. The molecule has 0 spiro atoms. The highest BCUT2D eigenvalue weighted by atomic mass is 35.5. The lowest BCUT2D eigenvalue weighted by molar-refractivity contribution is 0.0359. The number of aliphatic hydroxyl groups excluding tert-OH is 1. The zero-order valence-corrected chi connectivity index (χ0v) is 16.1. The second-order valence-corrected chi connectivity index (χ2v) is 7.59. The van der Waals surface area contributed by atoms with Crippen molar-refractivity contribution in [2.45, 2.75) is 12.1 Å². The number of halogens is 1. The number of β-amino-alcohol motifs (C(OH)–C–C–N with tert-alkyl or cyclic N) is 1. The van der Waals surface area contributed by atoms with E-state index in [4.69, 9.17) is 16.0 Å². The van der Waals surface area contributed by atoms with Gasteiger partial charge in [0.2, 0.25) is 0 Å². The lowest BCUT2D eigenvalue weighted by atomic mass is 10.1. The molecule has 0 bridgehead atoms. The van der Waals surface area contributed by atoms with Gasteiger partial charge >= 0.3 is 0 Å². The van der Waals surface area contributed by atoms with Crippen LogP contribution in [0.15, 0.2) is 47.1 Å². The van der Waals surface area contributed by atoms with E-state index in [1.807, 2.05) is 0 Å². The average Bonchev–Trinajstić information content (AvgIpc) is 3.38. The molecule has 2 unspecified atom stereocenters. The van der Waals surface area contributed by atoms with E-state index in [-0.39, 0.29) is 17.9 Å². The summed E-state index contributed by atoms with van der Waals surface area (Å²) in [5, 5.41) is 11.1. The molecule has 0 radical (unpaired) electrons. The molecule has 148 valence electrons. The van der Waals surface area contributed by atoms with Crippen LogP contribution < -0.4 is 0 Å². The largest absolute Gasteiger partial charge is 0.459 e. The summed E-state index contributed by atoms with van der Waals surface area (Å²) in [6, 6.07) is 10.0. The number of rotatable bonds is 3. The minimum absolute atomic E-state index is 0.107. The molecule has 2 aliphatic rings. The topological polar surface area (TPSA) is 77.2 Å². The molecule has 0 saturated carbocycles. The number of hydrogen-bond donors (Lipinski definition) is 1. The molecule has 0 aliphatic carbocycles. The number of likely N-dealkylation sites (tertiary alicyclic amines) is 1. The summed E-state index contributed by atoms with van der Waals surface area (Å²) in [7, 11) is 0. The van der Waals surface area contributed by atoms with Crippen molar-refractivity contribution in [1.29, 1.82) is 0 Å². The Hall–Kier alpha value is -2.35. The van der Waals surface area contributed by atoms with Gasteiger partial charge in [-0.25, -0.2) is 0 Å². The maximum absolute atomic E-state index is 12.7. The van der Waals surface area contributed by atoms with Crippen molar-refractivity contribution in [2.24, 2.45) is 0 Å². The first-order valence-electron chi connectivity index (χ1n) is 9.32. The zero-order valence-electron chi connectivity index (χ0n) is 15.3. The van der Waals surface area contributed by atoms with E-state index in [2.05, 4.69) is 4.90 Å². The van der Waals surface area contributed by atoms with Crippen LogP contribution in [0.4, 0.5) is 0 Å².